The summed E-state index contributed by atoms with van der Waals surface area (Å²) in [5.41, 5.74) is -0.390. The second-order valence-corrected chi connectivity index (χ2v) is 6.64. The van der Waals surface area contributed by atoms with Crippen LogP contribution in [0.25, 0.3) is 0 Å². The third-order valence-corrected chi connectivity index (χ3v) is 4.74. The summed E-state index contributed by atoms with van der Waals surface area (Å²) < 4.78 is 0. The topological polar surface area (TPSA) is 66.4 Å². The molecule has 1 amide bonds. The van der Waals surface area contributed by atoms with Crippen LogP contribution in [0.15, 0.2) is 0 Å². The van der Waals surface area contributed by atoms with Crippen molar-refractivity contribution < 1.29 is 14.7 Å². The molecule has 2 aliphatic carbocycles. The molecular weight excluding hydrogens is 230 g/mol. The first-order valence-electron chi connectivity index (χ1n) is 6.84. The Balaban J connectivity index is 1.81. The Labute approximate surface area is 108 Å². The predicted octanol–water partition coefficient (Wildman–Crippen LogP) is 1.90. The smallest absolute Gasteiger partial charge is 0.307 e. The predicted molar refractivity (Wildman–Crippen MR) is 67.9 cm³/mol. The minimum absolute atomic E-state index is 0.0769. The molecule has 4 nitrogen and oxygen atoms in total. The number of carbonyl (C=O) groups is 2. The van der Waals surface area contributed by atoms with E-state index in [4.69, 9.17) is 5.11 Å². The molecule has 0 aromatic carbocycles. The fraction of sp³-hybridized carbons (Fsp3) is 0.857. The quantitative estimate of drug-likeness (QED) is 0.804. The summed E-state index contributed by atoms with van der Waals surface area (Å²) in [5.74, 6) is -0.458. The second kappa shape index (κ2) is 4.56. The SMILES string of the molecule is CC1CCC(CNC(=O)C2C(C(=O)O)C2(C)C)C1. The molecule has 4 heteroatoms. The number of aliphatic carboxylic acids is 1. The van der Waals surface area contributed by atoms with E-state index in [2.05, 4.69) is 12.2 Å². The van der Waals surface area contributed by atoms with Gasteiger partial charge in [-0.1, -0.05) is 27.2 Å². The molecule has 0 bridgehead atoms. The third-order valence-electron chi connectivity index (χ3n) is 4.74. The monoisotopic (exact) mass is 253 g/mol. The summed E-state index contributed by atoms with van der Waals surface area (Å²) in [5, 5.41) is 12.0. The highest BCUT2D eigenvalue weighted by molar-refractivity contribution is 5.91. The maximum atomic E-state index is 12.0. The number of hydrogen-bond donors (Lipinski definition) is 2. The van der Waals surface area contributed by atoms with Gasteiger partial charge in [0.05, 0.1) is 11.8 Å². The van der Waals surface area contributed by atoms with Crippen molar-refractivity contribution in [2.45, 2.75) is 40.0 Å². The van der Waals surface area contributed by atoms with Crippen LogP contribution in [0.5, 0.6) is 0 Å². The van der Waals surface area contributed by atoms with E-state index in [1.54, 1.807) is 0 Å². The first kappa shape index (κ1) is 13.4. The molecule has 0 saturated heterocycles. The van der Waals surface area contributed by atoms with Gasteiger partial charge >= 0.3 is 5.97 Å². The van der Waals surface area contributed by atoms with Crippen LogP contribution < -0.4 is 5.32 Å². The van der Waals surface area contributed by atoms with E-state index in [9.17, 15) is 9.59 Å². The van der Waals surface area contributed by atoms with Gasteiger partial charge in [-0.2, -0.15) is 0 Å². The van der Waals surface area contributed by atoms with Crippen molar-refractivity contribution in [2.75, 3.05) is 6.54 Å². The van der Waals surface area contributed by atoms with E-state index >= 15 is 0 Å². The van der Waals surface area contributed by atoms with Crippen LogP contribution in [0.3, 0.4) is 0 Å². The highest BCUT2D eigenvalue weighted by Crippen LogP contribution is 2.58. The molecule has 0 spiro atoms. The van der Waals surface area contributed by atoms with Crippen LogP contribution >= 0.6 is 0 Å². The molecule has 2 N–H and O–H groups in total. The number of rotatable bonds is 4. The zero-order valence-corrected chi connectivity index (χ0v) is 11.4. The van der Waals surface area contributed by atoms with Gasteiger partial charge < -0.3 is 10.4 Å². The molecule has 0 aliphatic heterocycles. The average molecular weight is 253 g/mol. The Morgan fingerprint density at radius 2 is 1.94 bits per heavy atom. The fourth-order valence-electron chi connectivity index (χ4n) is 3.45. The molecule has 0 heterocycles. The minimum Gasteiger partial charge on any atom is -0.481 e. The number of carboxylic acids is 1. The molecule has 0 aromatic heterocycles. The summed E-state index contributed by atoms with van der Waals surface area (Å²) in [6.45, 7) is 6.66. The first-order chi connectivity index (χ1) is 8.34. The lowest BCUT2D eigenvalue weighted by Crippen LogP contribution is -2.31. The van der Waals surface area contributed by atoms with E-state index < -0.39 is 11.9 Å². The van der Waals surface area contributed by atoms with Crippen LogP contribution in [0, 0.1) is 29.1 Å². The minimum atomic E-state index is -0.852. The average Bonchev–Trinajstić information content (AvgIpc) is 2.63. The van der Waals surface area contributed by atoms with Gasteiger partial charge in [0.1, 0.15) is 0 Å². The molecular formula is C14H23NO3. The Bertz CT molecular complexity index is 364. The Kier molecular flexibility index (Phi) is 3.39. The zero-order chi connectivity index (χ0) is 13.5. The van der Waals surface area contributed by atoms with E-state index in [0.717, 1.165) is 5.92 Å². The molecule has 2 aliphatic rings. The van der Waals surface area contributed by atoms with E-state index in [-0.39, 0.29) is 17.2 Å². The third kappa shape index (κ3) is 2.38. The number of hydrogen-bond acceptors (Lipinski definition) is 2. The Hall–Kier alpha value is -1.06. The number of carbonyl (C=O) groups excluding carboxylic acids is 1. The highest BCUT2D eigenvalue weighted by atomic mass is 16.4. The number of amides is 1. The van der Waals surface area contributed by atoms with Gasteiger partial charge in [-0.25, -0.2) is 0 Å². The summed E-state index contributed by atoms with van der Waals surface area (Å²) in [6.07, 6.45) is 3.60. The van der Waals surface area contributed by atoms with Crippen molar-refractivity contribution in [1.82, 2.24) is 5.32 Å². The van der Waals surface area contributed by atoms with Crippen molar-refractivity contribution in [2.24, 2.45) is 29.1 Å². The molecule has 18 heavy (non-hydrogen) atoms. The molecule has 4 atom stereocenters. The van der Waals surface area contributed by atoms with Crippen LogP contribution in [0.2, 0.25) is 0 Å². The lowest BCUT2D eigenvalue weighted by atomic mass is 10.1. The Morgan fingerprint density at radius 3 is 2.39 bits per heavy atom. The van der Waals surface area contributed by atoms with Gasteiger partial charge in [0.2, 0.25) is 5.91 Å². The Morgan fingerprint density at radius 1 is 1.28 bits per heavy atom. The lowest BCUT2D eigenvalue weighted by molar-refractivity contribution is -0.140. The summed E-state index contributed by atoms with van der Waals surface area (Å²) in [4.78, 5) is 23.0. The van der Waals surface area contributed by atoms with Crippen LogP contribution in [-0.2, 0) is 9.59 Å². The van der Waals surface area contributed by atoms with Gasteiger partial charge in [0, 0.05) is 6.54 Å². The van der Waals surface area contributed by atoms with Crippen LogP contribution in [-0.4, -0.2) is 23.5 Å². The summed E-state index contributed by atoms with van der Waals surface area (Å²) >= 11 is 0. The van der Waals surface area contributed by atoms with Gasteiger partial charge in [-0.05, 0) is 30.1 Å². The molecule has 0 radical (unpaired) electrons. The molecule has 2 saturated carbocycles. The normalized spacial score (nSPS) is 37.3. The maximum absolute atomic E-state index is 12.0. The summed E-state index contributed by atoms with van der Waals surface area (Å²) in [7, 11) is 0. The van der Waals surface area contributed by atoms with Crippen molar-refractivity contribution in [3.8, 4) is 0 Å². The largest absolute Gasteiger partial charge is 0.481 e. The molecule has 2 fully saturated rings. The van der Waals surface area contributed by atoms with Crippen molar-refractivity contribution >= 4 is 11.9 Å². The van der Waals surface area contributed by atoms with E-state index in [1.807, 2.05) is 13.8 Å². The van der Waals surface area contributed by atoms with Crippen molar-refractivity contribution in [3.63, 3.8) is 0 Å². The first-order valence-corrected chi connectivity index (χ1v) is 6.84. The van der Waals surface area contributed by atoms with Crippen LogP contribution in [0.4, 0.5) is 0 Å². The van der Waals surface area contributed by atoms with Gasteiger partial charge in [0.15, 0.2) is 0 Å². The molecule has 0 aromatic rings. The number of nitrogens with one attached hydrogen (secondary N) is 1. The van der Waals surface area contributed by atoms with Crippen molar-refractivity contribution in [1.29, 1.82) is 0 Å². The lowest BCUT2D eigenvalue weighted by Gasteiger charge is -2.11. The van der Waals surface area contributed by atoms with Gasteiger partial charge in [0.25, 0.3) is 0 Å². The van der Waals surface area contributed by atoms with Crippen molar-refractivity contribution in [3.05, 3.63) is 0 Å². The molecule has 4 unspecified atom stereocenters. The fourth-order valence-corrected chi connectivity index (χ4v) is 3.45. The van der Waals surface area contributed by atoms with Gasteiger partial charge in [-0.15, -0.1) is 0 Å². The second-order valence-electron chi connectivity index (χ2n) is 6.64. The number of carboxylic acid groups (broad SMARTS) is 1. The van der Waals surface area contributed by atoms with Crippen LogP contribution in [0.1, 0.15) is 40.0 Å². The highest BCUT2D eigenvalue weighted by Gasteiger charge is 2.65. The maximum Gasteiger partial charge on any atom is 0.307 e. The molecule has 2 rings (SSSR count). The van der Waals surface area contributed by atoms with E-state index in [0.29, 0.717) is 12.5 Å². The summed E-state index contributed by atoms with van der Waals surface area (Å²) in [6, 6.07) is 0. The standard InChI is InChI=1S/C14H23NO3/c1-8-4-5-9(6-8)7-15-12(16)10-11(13(17)18)14(10,2)3/h8-11H,4-7H2,1-3H3,(H,15,16)(H,17,18). The van der Waals surface area contributed by atoms with Gasteiger partial charge in [-0.3, -0.25) is 9.59 Å². The molecule has 102 valence electrons. The zero-order valence-electron chi connectivity index (χ0n) is 11.4. The van der Waals surface area contributed by atoms with E-state index in [1.165, 1.54) is 19.3 Å².